The molecule has 0 aliphatic carbocycles. The lowest BCUT2D eigenvalue weighted by Crippen LogP contribution is -2.36. The number of urea groups is 1. The van der Waals surface area contributed by atoms with Crippen molar-refractivity contribution in [3.8, 4) is 0 Å². The van der Waals surface area contributed by atoms with Crippen molar-refractivity contribution in [3.63, 3.8) is 0 Å². The Balaban J connectivity index is 1.54. The van der Waals surface area contributed by atoms with Crippen LogP contribution in [0.1, 0.15) is 35.2 Å². The van der Waals surface area contributed by atoms with Gasteiger partial charge in [-0.2, -0.15) is 13.2 Å². The summed E-state index contributed by atoms with van der Waals surface area (Å²) < 4.78 is 40.2. The minimum Gasteiger partial charge on any atom is -0.391 e. The van der Waals surface area contributed by atoms with Crippen molar-refractivity contribution in [1.29, 1.82) is 0 Å². The number of carbonyl (C=O) groups excluding carboxylic acids is 1. The third kappa shape index (κ3) is 5.12. The second-order valence-corrected chi connectivity index (χ2v) is 8.32. The Labute approximate surface area is 192 Å². The van der Waals surface area contributed by atoms with Crippen LogP contribution in [0.25, 0.3) is 0 Å². The number of hydrogen-bond donors (Lipinski definition) is 2. The van der Waals surface area contributed by atoms with E-state index in [2.05, 4.69) is 15.5 Å². The predicted molar refractivity (Wildman–Crippen MR) is 116 cm³/mol. The maximum Gasteiger partial charge on any atom is 0.416 e. The second kappa shape index (κ2) is 9.03. The Bertz CT molecular complexity index is 1130. The van der Waals surface area contributed by atoms with Crippen molar-refractivity contribution in [3.05, 3.63) is 76.3 Å². The summed E-state index contributed by atoms with van der Waals surface area (Å²) in [7, 11) is 0. The number of aromatic nitrogens is 3. The molecule has 33 heavy (non-hydrogen) atoms. The number of nitrogens with one attached hydrogen (secondary N) is 1. The summed E-state index contributed by atoms with van der Waals surface area (Å²) >= 11 is 5.96. The summed E-state index contributed by atoms with van der Waals surface area (Å²) in [4.78, 5) is 14.4. The van der Waals surface area contributed by atoms with E-state index in [0.29, 0.717) is 23.2 Å². The van der Waals surface area contributed by atoms with Crippen molar-refractivity contribution >= 4 is 23.3 Å². The SMILES string of the molecule is Cc1nnc([C@H]2C[C@H](O)CN2C(=O)Nc2ccc(C(F)(F)F)cc2)n1Cc1ccc(Cl)cc1. The molecule has 4 rings (SSSR count). The summed E-state index contributed by atoms with van der Waals surface area (Å²) in [5, 5.41) is 21.9. The Morgan fingerprint density at radius 2 is 1.82 bits per heavy atom. The molecule has 2 amide bonds. The molecule has 0 radical (unpaired) electrons. The first-order valence-corrected chi connectivity index (χ1v) is 10.6. The molecule has 0 spiro atoms. The lowest BCUT2D eigenvalue weighted by atomic mass is 10.1. The lowest BCUT2D eigenvalue weighted by Gasteiger charge is -2.25. The molecule has 1 aliphatic heterocycles. The summed E-state index contributed by atoms with van der Waals surface area (Å²) in [6.45, 7) is 2.31. The van der Waals surface area contributed by atoms with Gasteiger partial charge in [0.05, 0.1) is 24.3 Å². The molecule has 0 saturated carbocycles. The lowest BCUT2D eigenvalue weighted by molar-refractivity contribution is -0.137. The maximum atomic E-state index is 12.9. The van der Waals surface area contributed by atoms with Crippen molar-refractivity contribution in [2.75, 3.05) is 11.9 Å². The number of aliphatic hydroxyl groups excluding tert-OH is 1. The first-order chi connectivity index (χ1) is 15.6. The maximum absolute atomic E-state index is 12.9. The number of amides is 2. The van der Waals surface area contributed by atoms with Gasteiger partial charge in [0, 0.05) is 23.7 Å². The van der Waals surface area contributed by atoms with E-state index in [1.807, 2.05) is 16.7 Å². The minimum absolute atomic E-state index is 0.0595. The first kappa shape index (κ1) is 23.1. The standard InChI is InChI=1S/C22H21ClF3N5O2/c1-13-28-29-20(30(13)11-14-2-6-16(23)7-3-14)19-10-18(32)12-31(19)21(33)27-17-8-4-15(5-9-17)22(24,25)26/h2-9,18-19,32H,10-12H2,1H3,(H,27,33)/t18-,19+/m0/s1. The Morgan fingerprint density at radius 1 is 1.15 bits per heavy atom. The van der Waals surface area contributed by atoms with Crippen LogP contribution in [-0.4, -0.2) is 43.5 Å². The number of carbonyl (C=O) groups is 1. The molecular weight excluding hydrogens is 459 g/mol. The Hall–Kier alpha value is -3.11. The van der Waals surface area contributed by atoms with E-state index < -0.39 is 29.9 Å². The van der Waals surface area contributed by atoms with Gasteiger partial charge < -0.3 is 19.9 Å². The van der Waals surface area contributed by atoms with Gasteiger partial charge in [-0.15, -0.1) is 10.2 Å². The number of β-amino-alcohol motifs (C(OH)–C–C–N with tert-alkyl or cyclic N) is 1. The number of aliphatic hydroxyl groups is 1. The Kier molecular flexibility index (Phi) is 6.31. The van der Waals surface area contributed by atoms with Crippen LogP contribution in [0.3, 0.4) is 0 Å². The van der Waals surface area contributed by atoms with Crippen LogP contribution < -0.4 is 5.32 Å². The highest BCUT2D eigenvalue weighted by molar-refractivity contribution is 6.30. The highest BCUT2D eigenvalue weighted by atomic mass is 35.5. The van der Waals surface area contributed by atoms with Gasteiger partial charge in [0.25, 0.3) is 0 Å². The number of alkyl halides is 3. The molecule has 1 aliphatic rings. The molecule has 2 heterocycles. The monoisotopic (exact) mass is 479 g/mol. The van der Waals surface area contributed by atoms with Gasteiger partial charge in [-0.1, -0.05) is 23.7 Å². The third-order valence-corrected chi connectivity index (χ3v) is 5.77. The minimum atomic E-state index is -4.46. The predicted octanol–water partition coefficient (Wildman–Crippen LogP) is 4.65. The zero-order valence-electron chi connectivity index (χ0n) is 17.6. The molecule has 1 fully saturated rings. The van der Waals surface area contributed by atoms with Gasteiger partial charge >= 0.3 is 12.2 Å². The smallest absolute Gasteiger partial charge is 0.391 e. The quantitative estimate of drug-likeness (QED) is 0.570. The fourth-order valence-electron chi connectivity index (χ4n) is 3.83. The fraction of sp³-hybridized carbons (Fsp3) is 0.318. The number of benzene rings is 2. The van der Waals surface area contributed by atoms with Gasteiger partial charge in [0.2, 0.25) is 0 Å². The van der Waals surface area contributed by atoms with E-state index in [-0.39, 0.29) is 18.7 Å². The number of halogens is 4. The number of rotatable bonds is 4. The molecule has 2 aromatic carbocycles. The van der Waals surface area contributed by atoms with Crippen LogP contribution in [0.2, 0.25) is 5.02 Å². The molecule has 3 aromatic rings. The molecule has 0 unspecified atom stereocenters. The third-order valence-electron chi connectivity index (χ3n) is 5.52. The van der Waals surface area contributed by atoms with E-state index in [1.54, 1.807) is 19.1 Å². The molecule has 2 atom stereocenters. The zero-order valence-corrected chi connectivity index (χ0v) is 18.3. The first-order valence-electron chi connectivity index (χ1n) is 10.2. The molecule has 174 valence electrons. The van der Waals surface area contributed by atoms with E-state index in [0.717, 1.165) is 17.7 Å². The van der Waals surface area contributed by atoms with E-state index >= 15 is 0 Å². The van der Waals surface area contributed by atoms with Gasteiger partial charge in [0.1, 0.15) is 5.82 Å². The fourth-order valence-corrected chi connectivity index (χ4v) is 3.96. The number of anilines is 1. The summed E-state index contributed by atoms with van der Waals surface area (Å²) in [5.74, 6) is 1.16. The number of hydrogen-bond acceptors (Lipinski definition) is 4. The van der Waals surface area contributed by atoms with Gasteiger partial charge in [-0.3, -0.25) is 0 Å². The second-order valence-electron chi connectivity index (χ2n) is 7.88. The van der Waals surface area contributed by atoms with E-state index in [9.17, 15) is 23.1 Å². The highest BCUT2D eigenvalue weighted by Crippen LogP contribution is 2.33. The zero-order chi connectivity index (χ0) is 23.8. The van der Waals surface area contributed by atoms with Crippen molar-refractivity contribution in [2.45, 2.75) is 38.2 Å². The molecule has 1 saturated heterocycles. The van der Waals surface area contributed by atoms with Crippen LogP contribution in [0.5, 0.6) is 0 Å². The van der Waals surface area contributed by atoms with Crippen LogP contribution in [0.15, 0.2) is 48.5 Å². The molecule has 11 heteroatoms. The number of aryl methyl sites for hydroxylation is 1. The average Bonchev–Trinajstić information content (AvgIpc) is 3.32. The number of nitrogens with zero attached hydrogens (tertiary/aromatic N) is 4. The molecule has 1 aromatic heterocycles. The van der Waals surface area contributed by atoms with Crippen molar-refractivity contribution in [1.82, 2.24) is 19.7 Å². The largest absolute Gasteiger partial charge is 0.416 e. The number of likely N-dealkylation sites (tertiary alicyclic amines) is 1. The highest BCUT2D eigenvalue weighted by Gasteiger charge is 2.39. The summed E-state index contributed by atoms with van der Waals surface area (Å²) in [6.07, 6.45) is -4.97. The van der Waals surface area contributed by atoms with E-state index in [4.69, 9.17) is 11.6 Å². The molecule has 2 N–H and O–H groups in total. The van der Waals surface area contributed by atoms with Crippen LogP contribution in [0.4, 0.5) is 23.7 Å². The average molecular weight is 480 g/mol. The normalized spacial score (nSPS) is 18.5. The summed E-state index contributed by atoms with van der Waals surface area (Å²) in [6, 6.07) is 10.4. The Morgan fingerprint density at radius 3 is 2.45 bits per heavy atom. The molecule has 7 nitrogen and oxygen atoms in total. The van der Waals surface area contributed by atoms with Crippen LogP contribution in [0, 0.1) is 6.92 Å². The van der Waals surface area contributed by atoms with Gasteiger partial charge in [-0.05, 0) is 48.9 Å². The van der Waals surface area contributed by atoms with Crippen molar-refractivity contribution < 1.29 is 23.1 Å². The van der Waals surface area contributed by atoms with E-state index in [1.165, 1.54) is 17.0 Å². The van der Waals surface area contributed by atoms with Gasteiger partial charge in [0.15, 0.2) is 5.82 Å². The van der Waals surface area contributed by atoms with Crippen LogP contribution in [-0.2, 0) is 12.7 Å². The van der Waals surface area contributed by atoms with Gasteiger partial charge in [-0.25, -0.2) is 4.79 Å². The summed E-state index contributed by atoms with van der Waals surface area (Å²) in [5.41, 5.74) is 0.371. The molecular formula is C22H21ClF3N5O2. The topological polar surface area (TPSA) is 83.3 Å². The van der Waals surface area contributed by atoms with Crippen LogP contribution >= 0.6 is 11.6 Å². The van der Waals surface area contributed by atoms with Crippen molar-refractivity contribution in [2.24, 2.45) is 0 Å². The molecule has 0 bridgehead atoms.